The van der Waals surface area contributed by atoms with Gasteiger partial charge in [0.05, 0.1) is 6.10 Å². The Bertz CT molecular complexity index is 536. The van der Waals surface area contributed by atoms with Crippen LogP contribution in [0.4, 0.5) is 5.95 Å². The van der Waals surface area contributed by atoms with Crippen LogP contribution in [-0.2, 0) is 7.05 Å². The first kappa shape index (κ1) is 12.3. The molecule has 18 heavy (non-hydrogen) atoms. The van der Waals surface area contributed by atoms with Gasteiger partial charge in [-0.1, -0.05) is 0 Å². The molecule has 7 heteroatoms. The lowest BCUT2D eigenvalue weighted by Gasteiger charge is -2.10. The average molecular weight is 248 g/mol. The molecule has 0 aliphatic heterocycles. The van der Waals surface area contributed by atoms with Crippen molar-refractivity contribution < 1.29 is 4.74 Å². The summed E-state index contributed by atoms with van der Waals surface area (Å²) in [6.45, 7) is 3.85. The Morgan fingerprint density at radius 2 is 2.06 bits per heavy atom. The minimum atomic E-state index is 0.0106. The molecule has 2 aromatic rings. The zero-order chi connectivity index (χ0) is 13.1. The van der Waals surface area contributed by atoms with Crippen LogP contribution < -0.4 is 10.1 Å². The van der Waals surface area contributed by atoms with Gasteiger partial charge in [0.2, 0.25) is 5.95 Å². The number of aryl methyl sites for hydroxylation is 1. The van der Waals surface area contributed by atoms with Crippen molar-refractivity contribution in [3.8, 4) is 17.5 Å². The molecule has 2 aromatic heterocycles. The molecule has 0 amide bonds. The molecule has 7 nitrogen and oxygen atoms in total. The highest BCUT2D eigenvalue weighted by molar-refractivity contribution is 5.51. The lowest BCUT2D eigenvalue weighted by molar-refractivity contribution is 0.222. The largest absolute Gasteiger partial charge is 0.461 e. The molecule has 0 atom stereocenters. The van der Waals surface area contributed by atoms with Crippen molar-refractivity contribution >= 4 is 5.95 Å². The van der Waals surface area contributed by atoms with Gasteiger partial charge >= 0.3 is 6.01 Å². The van der Waals surface area contributed by atoms with Gasteiger partial charge in [-0.2, -0.15) is 20.1 Å². The van der Waals surface area contributed by atoms with Gasteiger partial charge in [0, 0.05) is 20.3 Å². The van der Waals surface area contributed by atoms with Gasteiger partial charge in [-0.25, -0.2) is 0 Å². The van der Waals surface area contributed by atoms with Crippen molar-refractivity contribution in [2.24, 2.45) is 7.05 Å². The second-order valence-electron chi connectivity index (χ2n) is 4.02. The third kappa shape index (κ3) is 2.55. The van der Waals surface area contributed by atoms with E-state index in [9.17, 15) is 0 Å². The molecule has 0 saturated carbocycles. The molecule has 0 aliphatic rings. The van der Waals surface area contributed by atoms with E-state index < -0.39 is 0 Å². The second kappa shape index (κ2) is 4.99. The first-order valence-corrected chi connectivity index (χ1v) is 5.69. The fourth-order valence-corrected chi connectivity index (χ4v) is 1.44. The fraction of sp³-hybridized carbons (Fsp3) is 0.455. The van der Waals surface area contributed by atoms with Gasteiger partial charge in [0.15, 0.2) is 5.82 Å². The normalized spacial score (nSPS) is 10.7. The molecular formula is C11H16N6O. The van der Waals surface area contributed by atoms with Crippen molar-refractivity contribution in [2.45, 2.75) is 20.0 Å². The third-order valence-corrected chi connectivity index (χ3v) is 2.23. The lowest BCUT2D eigenvalue weighted by atomic mass is 10.4. The standard InChI is InChI=1S/C11H16N6O/c1-7(2)18-11-15-9(14-10(12-3)16-11)8-5-6-13-17(8)4/h5-7H,1-4H3,(H,12,14,15,16). The first-order chi connectivity index (χ1) is 8.60. The molecule has 0 aliphatic carbocycles. The molecule has 0 bridgehead atoms. The van der Waals surface area contributed by atoms with Crippen LogP contribution in [0, 0.1) is 0 Å². The van der Waals surface area contributed by atoms with E-state index in [1.165, 1.54) is 0 Å². The minimum absolute atomic E-state index is 0.0106. The lowest BCUT2D eigenvalue weighted by Crippen LogP contribution is -2.11. The van der Waals surface area contributed by atoms with E-state index in [4.69, 9.17) is 4.74 Å². The van der Waals surface area contributed by atoms with E-state index >= 15 is 0 Å². The summed E-state index contributed by atoms with van der Waals surface area (Å²) in [5.41, 5.74) is 0.808. The maximum Gasteiger partial charge on any atom is 0.322 e. The Hall–Kier alpha value is -2.18. The molecule has 0 unspecified atom stereocenters. The molecule has 1 N–H and O–H groups in total. The Kier molecular flexibility index (Phi) is 3.40. The van der Waals surface area contributed by atoms with Crippen LogP contribution in [0.25, 0.3) is 11.5 Å². The van der Waals surface area contributed by atoms with Crippen LogP contribution in [0.1, 0.15) is 13.8 Å². The number of hydrogen-bond acceptors (Lipinski definition) is 6. The summed E-state index contributed by atoms with van der Waals surface area (Å²) < 4.78 is 7.21. The maximum atomic E-state index is 5.50. The van der Waals surface area contributed by atoms with Crippen LogP contribution in [0.15, 0.2) is 12.3 Å². The highest BCUT2D eigenvalue weighted by Crippen LogP contribution is 2.18. The number of ether oxygens (including phenoxy) is 1. The number of aromatic nitrogens is 5. The Labute approximate surface area is 105 Å². The van der Waals surface area contributed by atoms with Gasteiger partial charge in [-0.15, -0.1) is 0 Å². The molecule has 0 radical (unpaired) electrons. The van der Waals surface area contributed by atoms with E-state index in [0.717, 1.165) is 5.69 Å². The quantitative estimate of drug-likeness (QED) is 0.873. The summed E-state index contributed by atoms with van der Waals surface area (Å²) in [7, 11) is 3.59. The van der Waals surface area contributed by atoms with Gasteiger partial charge in [0.1, 0.15) is 5.69 Å². The molecule has 96 valence electrons. The van der Waals surface area contributed by atoms with Gasteiger partial charge in [0.25, 0.3) is 0 Å². The molecule has 2 rings (SSSR count). The van der Waals surface area contributed by atoms with E-state index in [-0.39, 0.29) is 6.10 Å². The summed E-state index contributed by atoms with van der Waals surface area (Å²) in [6, 6.07) is 2.15. The number of nitrogens with one attached hydrogen (secondary N) is 1. The van der Waals surface area contributed by atoms with Crippen LogP contribution in [0.5, 0.6) is 6.01 Å². The molecule has 0 spiro atoms. The summed E-state index contributed by atoms with van der Waals surface area (Å²) in [6.07, 6.45) is 1.71. The topological polar surface area (TPSA) is 77.8 Å². The molecule has 0 saturated heterocycles. The van der Waals surface area contributed by atoms with Crippen molar-refractivity contribution in [3.05, 3.63) is 12.3 Å². The first-order valence-electron chi connectivity index (χ1n) is 5.69. The minimum Gasteiger partial charge on any atom is -0.461 e. The van der Waals surface area contributed by atoms with Crippen LogP contribution in [-0.4, -0.2) is 37.9 Å². The predicted molar refractivity (Wildman–Crippen MR) is 67.3 cm³/mol. The molecule has 0 fully saturated rings. The molecular weight excluding hydrogens is 232 g/mol. The van der Waals surface area contributed by atoms with Crippen molar-refractivity contribution in [3.63, 3.8) is 0 Å². The van der Waals surface area contributed by atoms with Gasteiger partial charge in [-0.05, 0) is 19.9 Å². The summed E-state index contributed by atoms with van der Waals surface area (Å²) in [5.74, 6) is 1.00. The highest BCUT2D eigenvalue weighted by atomic mass is 16.5. The Balaban J connectivity index is 2.44. The Morgan fingerprint density at radius 3 is 2.61 bits per heavy atom. The number of nitrogens with zero attached hydrogens (tertiary/aromatic N) is 5. The van der Waals surface area contributed by atoms with Crippen molar-refractivity contribution in [1.29, 1.82) is 0 Å². The zero-order valence-corrected chi connectivity index (χ0v) is 10.9. The van der Waals surface area contributed by atoms with Crippen LogP contribution in [0.2, 0.25) is 0 Å². The third-order valence-electron chi connectivity index (χ3n) is 2.23. The number of hydrogen-bond donors (Lipinski definition) is 1. The van der Waals surface area contributed by atoms with Crippen molar-refractivity contribution in [1.82, 2.24) is 24.7 Å². The van der Waals surface area contributed by atoms with Crippen LogP contribution >= 0.6 is 0 Å². The van der Waals surface area contributed by atoms with Crippen molar-refractivity contribution in [2.75, 3.05) is 12.4 Å². The average Bonchev–Trinajstić information content (AvgIpc) is 2.74. The van der Waals surface area contributed by atoms with E-state index in [1.54, 1.807) is 17.9 Å². The molecule has 0 aromatic carbocycles. The summed E-state index contributed by atoms with van der Waals surface area (Å²) >= 11 is 0. The number of rotatable bonds is 4. The number of anilines is 1. The van der Waals surface area contributed by atoms with E-state index in [1.807, 2.05) is 27.0 Å². The van der Waals surface area contributed by atoms with E-state index in [2.05, 4.69) is 25.4 Å². The van der Waals surface area contributed by atoms with Crippen LogP contribution in [0.3, 0.4) is 0 Å². The summed E-state index contributed by atoms with van der Waals surface area (Å²) in [4.78, 5) is 12.7. The monoisotopic (exact) mass is 248 g/mol. The van der Waals surface area contributed by atoms with Gasteiger partial charge < -0.3 is 10.1 Å². The SMILES string of the molecule is CNc1nc(OC(C)C)nc(-c2ccnn2C)n1. The maximum absolute atomic E-state index is 5.50. The smallest absolute Gasteiger partial charge is 0.322 e. The highest BCUT2D eigenvalue weighted by Gasteiger charge is 2.12. The zero-order valence-electron chi connectivity index (χ0n) is 10.9. The molecule has 2 heterocycles. The fourth-order valence-electron chi connectivity index (χ4n) is 1.44. The van der Waals surface area contributed by atoms with E-state index in [0.29, 0.717) is 17.8 Å². The summed E-state index contributed by atoms with van der Waals surface area (Å²) in [5, 5.41) is 6.98. The Morgan fingerprint density at radius 1 is 1.28 bits per heavy atom. The predicted octanol–water partition coefficient (Wildman–Crippen LogP) is 1.10. The van der Waals surface area contributed by atoms with Gasteiger partial charge in [-0.3, -0.25) is 4.68 Å². The second-order valence-corrected chi connectivity index (χ2v) is 4.02.